The standard InChI is InChI=1S/C6H3ClF3NO/c7-4-3(12)1-2(5(8)9)11-6(4)10/h1,5H,(H,11,12). The number of pyridine rings is 1. The quantitative estimate of drug-likeness (QED) is 0.687. The topological polar surface area (TPSA) is 32.9 Å². The van der Waals surface area contributed by atoms with Gasteiger partial charge in [-0.3, -0.25) is 4.79 Å². The number of aromatic nitrogens is 1. The first kappa shape index (κ1) is 9.12. The Morgan fingerprint density at radius 3 is 2.50 bits per heavy atom. The van der Waals surface area contributed by atoms with Gasteiger partial charge in [0.1, 0.15) is 5.02 Å². The van der Waals surface area contributed by atoms with Crippen molar-refractivity contribution in [1.82, 2.24) is 4.98 Å². The minimum Gasteiger partial charge on any atom is -0.329 e. The predicted octanol–water partition coefficient (Wildman–Crippen LogP) is 2.10. The molecule has 0 atom stereocenters. The van der Waals surface area contributed by atoms with Gasteiger partial charge in [-0.2, -0.15) is 4.39 Å². The molecule has 0 amide bonds. The lowest BCUT2D eigenvalue weighted by Crippen LogP contribution is -2.08. The summed E-state index contributed by atoms with van der Waals surface area (Å²) < 4.78 is 36.2. The van der Waals surface area contributed by atoms with Gasteiger partial charge in [0, 0.05) is 6.07 Å². The normalized spacial score (nSPS) is 10.8. The monoisotopic (exact) mass is 197 g/mol. The molecule has 0 bridgehead atoms. The Morgan fingerprint density at radius 1 is 1.50 bits per heavy atom. The lowest BCUT2D eigenvalue weighted by atomic mass is 10.3. The molecule has 0 unspecified atom stereocenters. The van der Waals surface area contributed by atoms with Crippen LogP contribution >= 0.6 is 11.6 Å². The van der Waals surface area contributed by atoms with E-state index >= 15 is 0 Å². The van der Waals surface area contributed by atoms with Crippen LogP contribution in [0.5, 0.6) is 0 Å². The van der Waals surface area contributed by atoms with Gasteiger partial charge in [0.15, 0.2) is 0 Å². The molecule has 2 nitrogen and oxygen atoms in total. The van der Waals surface area contributed by atoms with Crippen molar-refractivity contribution in [3.05, 3.63) is 33.0 Å². The third-order valence-electron chi connectivity index (χ3n) is 1.18. The molecule has 1 rings (SSSR count). The molecule has 1 aromatic heterocycles. The SMILES string of the molecule is O=c1cc(C(F)F)[nH]c(F)c1Cl. The predicted molar refractivity (Wildman–Crippen MR) is 37.0 cm³/mol. The first-order chi connectivity index (χ1) is 5.52. The lowest BCUT2D eigenvalue weighted by Gasteiger charge is -1.99. The van der Waals surface area contributed by atoms with Gasteiger partial charge in [-0.05, 0) is 0 Å². The summed E-state index contributed by atoms with van der Waals surface area (Å²) >= 11 is 5.09. The minimum atomic E-state index is -2.91. The van der Waals surface area contributed by atoms with Crippen molar-refractivity contribution in [3.8, 4) is 0 Å². The van der Waals surface area contributed by atoms with E-state index < -0.39 is 28.5 Å². The molecular formula is C6H3ClF3NO. The number of alkyl halides is 2. The van der Waals surface area contributed by atoms with Gasteiger partial charge < -0.3 is 4.98 Å². The van der Waals surface area contributed by atoms with Crippen LogP contribution in [-0.2, 0) is 0 Å². The fourth-order valence-electron chi connectivity index (χ4n) is 0.648. The average Bonchev–Trinajstić information content (AvgIpc) is 1.99. The van der Waals surface area contributed by atoms with Crippen LogP contribution in [0.3, 0.4) is 0 Å². The second kappa shape index (κ2) is 3.18. The Balaban J connectivity index is 3.31. The molecular weight excluding hydrogens is 195 g/mol. The van der Waals surface area contributed by atoms with E-state index in [9.17, 15) is 18.0 Å². The van der Waals surface area contributed by atoms with Crippen LogP contribution in [0.1, 0.15) is 12.1 Å². The Morgan fingerprint density at radius 2 is 2.08 bits per heavy atom. The molecule has 0 saturated heterocycles. The largest absolute Gasteiger partial charge is 0.329 e. The van der Waals surface area contributed by atoms with Gasteiger partial charge in [-0.25, -0.2) is 8.78 Å². The van der Waals surface area contributed by atoms with E-state index in [1.54, 1.807) is 4.98 Å². The molecule has 12 heavy (non-hydrogen) atoms. The molecule has 0 aromatic carbocycles. The van der Waals surface area contributed by atoms with Crippen LogP contribution in [0.2, 0.25) is 5.02 Å². The molecule has 0 fully saturated rings. The van der Waals surface area contributed by atoms with Crippen molar-refractivity contribution >= 4 is 11.6 Å². The van der Waals surface area contributed by atoms with Gasteiger partial charge >= 0.3 is 0 Å². The molecule has 1 N–H and O–H groups in total. The molecule has 0 radical (unpaired) electrons. The molecule has 0 aliphatic heterocycles. The molecule has 1 aromatic rings. The van der Waals surface area contributed by atoms with Crippen molar-refractivity contribution in [1.29, 1.82) is 0 Å². The summed E-state index contributed by atoms with van der Waals surface area (Å²) in [6, 6.07) is 0.566. The number of nitrogens with one attached hydrogen (secondary N) is 1. The summed E-state index contributed by atoms with van der Waals surface area (Å²) in [5.41, 5.74) is -1.73. The zero-order chi connectivity index (χ0) is 9.30. The van der Waals surface area contributed by atoms with Crippen LogP contribution in [0.25, 0.3) is 0 Å². The van der Waals surface area contributed by atoms with Crippen molar-refractivity contribution in [3.63, 3.8) is 0 Å². The number of hydrogen-bond acceptors (Lipinski definition) is 1. The van der Waals surface area contributed by atoms with Crippen LogP contribution in [0.4, 0.5) is 13.2 Å². The van der Waals surface area contributed by atoms with Crippen molar-refractivity contribution in [2.45, 2.75) is 6.43 Å². The molecule has 1 heterocycles. The van der Waals surface area contributed by atoms with E-state index in [0.29, 0.717) is 6.07 Å². The first-order valence-corrected chi connectivity index (χ1v) is 3.26. The Hall–Kier alpha value is -0.970. The van der Waals surface area contributed by atoms with E-state index in [0.717, 1.165) is 0 Å². The maximum Gasteiger partial charge on any atom is 0.278 e. The second-order valence-electron chi connectivity index (χ2n) is 2.02. The van der Waals surface area contributed by atoms with E-state index in [1.807, 2.05) is 0 Å². The summed E-state index contributed by atoms with van der Waals surface area (Å²) in [6.45, 7) is 0. The van der Waals surface area contributed by atoms with Gasteiger partial charge in [0.2, 0.25) is 11.4 Å². The van der Waals surface area contributed by atoms with Crippen molar-refractivity contribution in [2.75, 3.05) is 0 Å². The van der Waals surface area contributed by atoms with E-state index in [2.05, 4.69) is 0 Å². The molecule has 0 saturated carbocycles. The fraction of sp³-hybridized carbons (Fsp3) is 0.167. The van der Waals surface area contributed by atoms with Crippen molar-refractivity contribution in [2.24, 2.45) is 0 Å². The van der Waals surface area contributed by atoms with Gasteiger partial charge in [-0.1, -0.05) is 11.6 Å². The minimum absolute atomic E-state index is 0.566. The highest BCUT2D eigenvalue weighted by Crippen LogP contribution is 2.16. The highest BCUT2D eigenvalue weighted by atomic mass is 35.5. The summed E-state index contributed by atoms with van der Waals surface area (Å²) in [7, 11) is 0. The molecule has 0 aliphatic rings. The number of H-pyrrole nitrogens is 1. The van der Waals surface area contributed by atoms with Crippen LogP contribution in [0, 0.1) is 5.95 Å². The molecule has 66 valence electrons. The summed E-state index contributed by atoms with van der Waals surface area (Å²) in [5.74, 6) is -1.24. The Kier molecular flexibility index (Phi) is 2.42. The lowest BCUT2D eigenvalue weighted by molar-refractivity contribution is 0.144. The first-order valence-electron chi connectivity index (χ1n) is 2.88. The van der Waals surface area contributed by atoms with E-state index in [-0.39, 0.29) is 0 Å². The van der Waals surface area contributed by atoms with Gasteiger partial charge in [-0.15, -0.1) is 0 Å². The molecule has 0 spiro atoms. The average molecular weight is 198 g/mol. The number of hydrogen-bond donors (Lipinski definition) is 1. The highest BCUT2D eigenvalue weighted by Gasteiger charge is 2.12. The maximum atomic E-state index is 12.5. The summed E-state index contributed by atoms with van der Waals surface area (Å²) in [6.07, 6.45) is -2.91. The van der Waals surface area contributed by atoms with E-state index in [4.69, 9.17) is 11.6 Å². The van der Waals surface area contributed by atoms with Crippen LogP contribution in [-0.4, -0.2) is 4.98 Å². The summed E-state index contributed by atoms with van der Waals surface area (Å²) in [5, 5.41) is -0.709. The fourth-order valence-corrected chi connectivity index (χ4v) is 0.750. The van der Waals surface area contributed by atoms with Gasteiger partial charge in [0.05, 0.1) is 5.69 Å². The zero-order valence-corrected chi connectivity index (χ0v) is 6.33. The zero-order valence-electron chi connectivity index (χ0n) is 5.57. The maximum absolute atomic E-state index is 12.5. The summed E-state index contributed by atoms with van der Waals surface area (Å²) in [4.78, 5) is 12.3. The number of aromatic amines is 1. The molecule has 6 heteroatoms. The van der Waals surface area contributed by atoms with Crippen LogP contribution < -0.4 is 5.43 Å². The Bertz CT molecular complexity index is 349. The highest BCUT2D eigenvalue weighted by molar-refractivity contribution is 6.30. The van der Waals surface area contributed by atoms with Gasteiger partial charge in [0.25, 0.3) is 6.43 Å². The smallest absolute Gasteiger partial charge is 0.278 e. The second-order valence-corrected chi connectivity index (χ2v) is 2.40. The van der Waals surface area contributed by atoms with Crippen molar-refractivity contribution < 1.29 is 13.2 Å². The Labute approximate surface area is 70.0 Å². The third kappa shape index (κ3) is 1.61. The third-order valence-corrected chi connectivity index (χ3v) is 1.54. The van der Waals surface area contributed by atoms with Crippen LogP contribution in [0.15, 0.2) is 10.9 Å². The number of rotatable bonds is 1. The molecule has 0 aliphatic carbocycles. The number of halogens is 4. The van der Waals surface area contributed by atoms with E-state index in [1.165, 1.54) is 0 Å².